The smallest absolute Gasteiger partial charge is 0.250 e. The Morgan fingerprint density at radius 1 is 1.48 bits per heavy atom. The van der Waals surface area contributed by atoms with Crippen LogP contribution in [0.5, 0.6) is 0 Å². The van der Waals surface area contributed by atoms with Gasteiger partial charge in [-0.1, -0.05) is 0 Å². The zero-order valence-electron chi connectivity index (χ0n) is 13.4. The lowest BCUT2D eigenvalue weighted by atomic mass is 10.1. The Hall–Kier alpha value is -1.27. The summed E-state index contributed by atoms with van der Waals surface area (Å²) in [5, 5.41) is 17.8. The summed E-state index contributed by atoms with van der Waals surface area (Å²) >= 11 is 4.50. The third kappa shape index (κ3) is 4.47. The summed E-state index contributed by atoms with van der Waals surface area (Å²) < 4.78 is 28.6. The molecule has 0 spiro atoms. The molecule has 2 atom stereocenters. The molecule has 136 valence electrons. The van der Waals surface area contributed by atoms with E-state index in [1.807, 2.05) is 0 Å². The number of aromatic nitrogens is 2. The highest BCUT2D eigenvalue weighted by atomic mass is 79.9. The van der Waals surface area contributed by atoms with Gasteiger partial charge >= 0.3 is 0 Å². The predicted octanol–water partition coefficient (Wildman–Crippen LogP) is 2.28. The van der Waals surface area contributed by atoms with Crippen LogP contribution >= 0.6 is 27.3 Å². The number of aliphatic hydroxyl groups excluding tert-OH is 1. The maximum atomic E-state index is 12.5. The fourth-order valence-electron chi connectivity index (χ4n) is 2.39. The fraction of sp³-hybridized carbons (Fsp3) is 0.429. The Labute approximate surface area is 158 Å². The molecule has 2 aromatic rings. The topological polar surface area (TPSA) is 116 Å². The number of hydrogen-bond acceptors (Lipinski definition) is 8. The van der Waals surface area contributed by atoms with Crippen LogP contribution in [-0.2, 0) is 10.0 Å². The lowest BCUT2D eigenvalue weighted by Crippen LogP contribution is -2.42. The molecule has 1 aliphatic rings. The first-order valence-corrected chi connectivity index (χ1v) is 10.8. The average molecular weight is 448 g/mol. The monoisotopic (exact) mass is 447 g/mol. The van der Waals surface area contributed by atoms with Crippen LogP contribution in [0.15, 0.2) is 26.3 Å². The van der Waals surface area contributed by atoms with Crippen molar-refractivity contribution in [1.29, 1.82) is 0 Å². The second kappa shape index (κ2) is 7.54. The molecule has 11 heteroatoms. The van der Waals surface area contributed by atoms with E-state index < -0.39 is 22.2 Å². The van der Waals surface area contributed by atoms with Crippen molar-refractivity contribution in [3.05, 3.63) is 22.1 Å². The van der Waals surface area contributed by atoms with Gasteiger partial charge in [-0.2, -0.15) is 4.98 Å². The van der Waals surface area contributed by atoms with E-state index in [0.717, 1.165) is 15.8 Å². The molecule has 2 aromatic heterocycles. The fourth-order valence-corrected chi connectivity index (χ4v) is 5.19. The van der Waals surface area contributed by atoms with E-state index in [0.29, 0.717) is 36.8 Å². The number of sulfonamides is 1. The van der Waals surface area contributed by atoms with Crippen molar-refractivity contribution in [2.24, 2.45) is 0 Å². The number of thiophene rings is 1. The highest BCUT2D eigenvalue weighted by molar-refractivity contribution is 9.10. The van der Waals surface area contributed by atoms with Crippen LogP contribution in [-0.4, -0.2) is 42.2 Å². The van der Waals surface area contributed by atoms with Crippen LogP contribution in [0.4, 0.5) is 17.5 Å². The highest BCUT2D eigenvalue weighted by Gasteiger charge is 2.25. The summed E-state index contributed by atoms with van der Waals surface area (Å²) in [4.78, 5) is 8.57. The normalized spacial score (nSPS) is 21.5. The van der Waals surface area contributed by atoms with E-state index in [1.54, 1.807) is 18.5 Å². The van der Waals surface area contributed by atoms with Crippen LogP contribution in [0.1, 0.15) is 19.8 Å². The maximum absolute atomic E-state index is 12.5. The second-order valence-corrected chi connectivity index (χ2v) is 9.41. The molecule has 1 aliphatic heterocycles. The van der Waals surface area contributed by atoms with E-state index in [1.165, 1.54) is 6.07 Å². The van der Waals surface area contributed by atoms with Crippen molar-refractivity contribution in [2.45, 2.75) is 36.1 Å². The first-order chi connectivity index (χ1) is 11.8. The second-order valence-electron chi connectivity index (χ2n) is 5.71. The van der Waals surface area contributed by atoms with Crippen molar-refractivity contribution in [3.63, 3.8) is 0 Å². The third-order valence-corrected chi connectivity index (χ3v) is 7.22. The molecule has 3 heterocycles. The van der Waals surface area contributed by atoms with Gasteiger partial charge < -0.3 is 15.7 Å². The molecular formula is C14H18BrN5O3S2. The van der Waals surface area contributed by atoms with Gasteiger partial charge in [0.15, 0.2) is 0 Å². The van der Waals surface area contributed by atoms with Gasteiger partial charge in [0.05, 0.1) is 16.3 Å². The molecule has 0 amide bonds. The van der Waals surface area contributed by atoms with Gasteiger partial charge in [0.1, 0.15) is 10.0 Å². The van der Waals surface area contributed by atoms with Crippen molar-refractivity contribution in [1.82, 2.24) is 14.7 Å². The quantitative estimate of drug-likeness (QED) is 0.529. The third-order valence-electron chi connectivity index (χ3n) is 3.71. The number of nitrogens with one attached hydrogen (secondary N) is 3. The number of nitrogens with zero attached hydrogens (tertiary/aromatic N) is 2. The summed E-state index contributed by atoms with van der Waals surface area (Å²) in [5.41, 5.74) is 0.587. The Morgan fingerprint density at radius 2 is 2.28 bits per heavy atom. The number of halogens is 1. The number of aliphatic hydroxyl groups is 1. The molecule has 0 aliphatic carbocycles. The van der Waals surface area contributed by atoms with Gasteiger partial charge in [-0.05, 0) is 41.8 Å². The van der Waals surface area contributed by atoms with Crippen LogP contribution in [0.3, 0.4) is 0 Å². The summed E-state index contributed by atoms with van der Waals surface area (Å²) in [6.45, 7) is 2.17. The molecule has 4 N–H and O–H groups in total. The van der Waals surface area contributed by atoms with Gasteiger partial charge in [-0.15, -0.1) is 11.3 Å². The predicted molar refractivity (Wildman–Crippen MR) is 101 cm³/mol. The van der Waals surface area contributed by atoms with Gasteiger partial charge in [-0.25, -0.2) is 18.1 Å². The summed E-state index contributed by atoms with van der Waals surface area (Å²) in [5.74, 6) is 1.03. The molecule has 0 fully saturated rings. The Balaban J connectivity index is 1.96. The number of anilines is 3. The molecule has 25 heavy (non-hydrogen) atoms. The van der Waals surface area contributed by atoms with Crippen molar-refractivity contribution in [2.75, 3.05) is 17.2 Å². The molecule has 2 unspecified atom stereocenters. The largest absolute Gasteiger partial charge is 0.392 e. The van der Waals surface area contributed by atoms with E-state index in [-0.39, 0.29) is 4.21 Å². The van der Waals surface area contributed by atoms with Crippen molar-refractivity contribution >= 4 is 54.7 Å². The summed E-state index contributed by atoms with van der Waals surface area (Å²) in [6, 6.07) is 0.966. The van der Waals surface area contributed by atoms with E-state index in [2.05, 4.69) is 41.3 Å². The summed E-state index contributed by atoms with van der Waals surface area (Å²) in [6.07, 6.45) is 1.99. The average Bonchev–Trinajstić information content (AvgIpc) is 3.01. The molecule has 3 rings (SSSR count). The Morgan fingerprint density at radius 3 is 3.04 bits per heavy atom. The summed E-state index contributed by atoms with van der Waals surface area (Å²) in [7, 11) is -3.70. The minimum absolute atomic E-state index is 0.174. The number of fused-ring (bicyclic) bond motifs is 4. The molecule has 0 saturated heterocycles. The van der Waals surface area contributed by atoms with E-state index in [4.69, 9.17) is 0 Å². The highest BCUT2D eigenvalue weighted by Crippen LogP contribution is 2.28. The SMILES string of the molecule is CC(O)C1CCCNc2nc(ncc2Br)Nc2csc(c2)S(=O)(=O)N1. The van der Waals surface area contributed by atoms with Gasteiger partial charge in [0, 0.05) is 24.2 Å². The molecule has 0 saturated carbocycles. The lowest BCUT2D eigenvalue weighted by Gasteiger charge is -2.21. The zero-order valence-corrected chi connectivity index (χ0v) is 16.6. The van der Waals surface area contributed by atoms with Gasteiger partial charge in [0.2, 0.25) is 16.0 Å². The molecular weight excluding hydrogens is 430 g/mol. The van der Waals surface area contributed by atoms with Crippen LogP contribution in [0.25, 0.3) is 0 Å². The van der Waals surface area contributed by atoms with Crippen molar-refractivity contribution in [3.8, 4) is 0 Å². The maximum Gasteiger partial charge on any atom is 0.250 e. The van der Waals surface area contributed by atoms with E-state index >= 15 is 0 Å². The Bertz CT molecular complexity index is 856. The Kier molecular flexibility index (Phi) is 5.58. The van der Waals surface area contributed by atoms with Crippen LogP contribution in [0, 0.1) is 0 Å². The first-order valence-electron chi connectivity index (χ1n) is 7.67. The molecule has 0 radical (unpaired) electrons. The zero-order chi connectivity index (χ0) is 18.0. The van der Waals surface area contributed by atoms with Gasteiger partial charge in [0.25, 0.3) is 0 Å². The van der Waals surface area contributed by atoms with Crippen LogP contribution in [0.2, 0.25) is 0 Å². The standard InChI is InChI=1S/C14H18BrN5O3S2/c1-8(21)11-3-2-4-16-13-10(15)6-17-14(19-13)18-9-5-12(24-7-9)25(22,23)20-11/h5-8,11,20-21H,2-4H2,1H3,(H2,16,17,18,19). The minimum atomic E-state index is -3.70. The van der Waals surface area contributed by atoms with Gasteiger partial charge in [-0.3, -0.25) is 0 Å². The first kappa shape index (κ1) is 18.5. The number of rotatable bonds is 1. The molecule has 0 aromatic carbocycles. The van der Waals surface area contributed by atoms with E-state index in [9.17, 15) is 13.5 Å². The van der Waals surface area contributed by atoms with Crippen molar-refractivity contribution < 1.29 is 13.5 Å². The lowest BCUT2D eigenvalue weighted by molar-refractivity contribution is 0.151. The molecule has 8 nitrogen and oxygen atoms in total. The molecule has 4 bridgehead atoms. The van der Waals surface area contributed by atoms with Crippen LogP contribution < -0.4 is 15.4 Å². The number of hydrogen-bond donors (Lipinski definition) is 4. The minimum Gasteiger partial charge on any atom is -0.392 e.